The Balaban J connectivity index is 1.96. The fraction of sp³-hybridized carbons (Fsp3) is 0.111. The van der Waals surface area contributed by atoms with E-state index in [9.17, 15) is 0 Å². The van der Waals surface area contributed by atoms with E-state index in [1.807, 2.05) is 49.5 Å². The molecule has 0 radical (unpaired) electrons. The molecule has 106 valence electrons. The Morgan fingerprint density at radius 2 is 1.76 bits per heavy atom. The summed E-state index contributed by atoms with van der Waals surface area (Å²) < 4.78 is 6.03. The molecule has 0 amide bonds. The van der Waals surface area contributed by atoms with Crippen LogP contribution in [0, 0.1) is 0 Å². The van der Waals surface area contributed by atoms with Crippen LogP contribution in [0.15, 0.2) is 60.7 Å². The maximum Gasteiger partial charge on any atom is 0.133 e. The van der Waals surface area contributed by atoms with Crippen molar-refractivity contribution in [3.05, 3.63) is 71.2 Å². The quantitative estimate of drug-likeness (QED) is 0.731. The average molecular weight is 298 g/mol. The molecule has 3 aromatic carbocycles. The van der Waals surface area contributed by atoms with E-state index in [1.165, 1.54) is 5.39 Å². The zero-order valence-corrected chi connectivity index (χ0v) is 12.5. The highest BCUT2D eigenvalue weighted by Crippen LogP contribution is 2.31. The van der Waals surface area contributed by atoms with Gasteiger partial charge in [0.05, 0.1) is 0 Å². The predicted molar refractivity (Wildman–Crippen MR) is 88.2 cm³/mol. The second kappa shape index (κ2) is 6.17. The lowest BCUT2D eigenvalue weighted by atomic mass is 10.1. The first-order chi connectivity index (χ1) is 10.3. The summed E-state index contributed by atoms with van der Waals surface area (Å²) in [6.07, 6.45) is 0. The molecule has 1 N–H and O–H groups in total. The molecule has 3 heteroatoms. The van der Waals surface area contributed by atoms with Gasteiger partial charge in [-0.2, -0.15) is 0 Å². The largest absolute Gasteiger partial charge is 0.457 e. The molecule has 0 bridgehead atoms. The molecular formula is C18H16ClNO. The fourth-order valence-corrected chi connectivity index (χ4v) is 2.57. The maximum atomic E-state index is 6.25. The molecule has 2 nitrogen and oxygen atoms in total. The van der Waals surface area contributed by atoms with Crippen molar-refractivity contribution >= 4 is 22.4 Å². The Kier molecular flexibility index (Phi) is 4.09. The van der Waals surface area contributed by atoms with Crippen LogP contribution >= 0.6 is 11.6 Å². The molecule has 0 aromatic heterocycles. The molecule has 0 spiro atoms. The van der Waals surface area contributed by atoms with Crippen molar-refractivity contribution < 1.29 is 4.74 Å². The Bertz CT molecular complexity index is 770. The van der Waals surface area contributed by atoms with Crippen LogP contribution in [-0.4, -0.2) is 7.05 Å². The van der Waals surface area contributed by atoms with Gasteiger partial charge in [-0.05, 0) is 42.1 Å². The summed E-state index contributed by atoms with van der Waals surface area (Å²) in [5.41, 5.74) is 0.967. The van der Waals surface area contributed by atoms with Crippen LogP contribution < -0.4 is 10.1 Å². The van der Waals surface area contributed by atoms with Gasteiger partial charge in [-0.3, -0.25) is 0 Å². The second-order valence-electron chi connectivity index (χ2n) is 4.86. The van der Waals surface area contributed by atoms with E-state index in [1.54, 1.807) is 0 Å². The average Bonchev–Trinajstić information content (AvgIpc) is 2.51. The normalized spacial score (nSPS) is 10.8. The van der Waals surface area contributed by atoms with Gasteiger partial charge in [0, 0.05) is 17.1 Å². The van der Waals surface area contributed by atoms with Crippen LogP contribution in [0.25, 0.3) is 10.8 Å². The molecule has 21 heavy (non-hydrogen) atoms. The summed E-state index contributed by atoms with van der Waals surface area (Å²) in [6.45, 7) is 0.669. The summed E-state index contributed by atoms with van der Waals surface area (Å²) in [5.74, 6) is 1.60. The Labute approximate surface area is 129 Å². The topological polar surface area (TPSA) is 21.3 Å². The van der Waals surface area contributed by atoms with Gasteiger partial charge in [-0.1, -0.05) is 48.0 Å². The van der Waals surface area contributed by atoms with Crippen molar-refractivity contribution in [3.8, 4) is 11.5 Å². The van der Waals surface area contributed by atoms with Crippen molar-refractivity contribution in [2.45, 2.75) is 6.54 Å². The summed E-state index contributed by atoms with van der Waals surface area (Å²) in [7, 11) is 1.89. The Morgan fingerprint density at radius 1 is 0.952 bits per heavy atom. The molecule has 0 atom stereocenters. The van der Waals surface area contributed by atoms with E-state index in [0.717, 1.165) is 22.4 Å². The van der Waals surface area contributed by atoms with Crippen molar-refractivity contribution in [2.24, 2.45) is 0 Å². The minimum absolute atomic E-state index is 0.669. The van der Waals surface area contributed by atoms with Crippen molar-refractivity contribution in [1.29, 1.82) is 0 Å². The molecule has 0 saturated heterocycles. The van der Waals surface area contributed by atoms with E-state index in [0.29, 0.717) is 11.6 Å². The van der Waals surface area contributed by atoms with Crippen molar-refractivity contribution in [3.63, 3.8) is 0 Å². The van der Waals surface area contributed by atoms with Crippen molar-refractivity contribution in [1.82, 2.24) is 5.32 Å². The number of hydrogen-bond donors (Lipinski definition) is 1. The summed E-state index contributed by atoms with van der Waals surface area (Å²) >= 11 is 6.25. The molecule has 0 aliphatic rings. The Hall–Kier alpha value is -2.03. The van der Waals surface area contributed by atoms with E-state index in [2.05, 4.69) is 23.5 Å². The summed E-state index contributed by atoms with van der Waals surface area (Å²) in [4.78, 5) is 0. The fourth-order valence-electron chi connectivity index (χ4n) is 2.34. The highest BCUT2D eigenvalue weighted by atomic mass is 35.5. The zero-order chi connectivity index (χ0) is 14.7. The van der Waals surface area contributed by atoms with Crippen LogP contribution in [0.1, 0.15) is 5.56 Å². The monoisotopic (exact) mass is 297 g/mol. The number of nitrogens with one attached hydrogen (secondary N) is 1. The first-order valence-electron chi connectivity index (χ1n) is 6.86. The number of hydrogen-bond acceptors (Lipinski definition) is 2. The van der Waals surface area contributed by atoms with Crippen LogP contribution in [0.2, 0.25) is 5.02 Å². The van der Waals surface area contributed by atoms with Gasteiger partial charge in [-0.15, -0.1) is 0 Å². The molecule has 0 aliphatic heterocycles. The predicted octanol–water partition coefficient (Wildman–Crippen LogP) is 5.00. The number of ether oxygens (including phenoxy) is 1. The minimum Gasteiger partial charge on any atom is -0.457 e. The number of halogens is 1. The summed E-state index contributed by atoms with van der Waals surface area (Å²) in [5, 5.41) is 6.19. The second-order valence-corrected chi connectivity index (χ2v) is 5.27. The van der Waals surface area contributed by atoms with Gasteiger partial charge in [0.15, 0.2) is 0 Å². The third-order valence-electron chi connectivity index (χ3n) is 3.38. The summed E-state index contributed by atoms with van der Waals surface area (Å²) in [6, 6.07) is 20.0. The van der Waals surface area contributed by atoms with Crippen LogP contribution in [0.5, 0.6) is 11.5 Å². The van der Waals surface area contributed by atoms with Crippen molar-refractivity contribution in [2.75, 3.05) is 7.05 Å². The van der Waals surface area contributed by atoms with Gasteiger partial charge >= 0.3 is 0 Å². The van der Waals surface area contributed by atoms with Gasteiger partial charge in [0.25, 0.3) is 0 Å². The lowest BCUT2D eigenvalue weighted by molar-refractivity contribution is 0.475. The van der Waals surface area contributed by atoms with E-state index < -0.39 is 0 Å². The molecular weight excluding hydrogens is 282 g/mol. The first-order valence-corrected chi connectivity index (χ1v) is 7.24. The van der Waals surface area contributed by atoms with E-state index >= 15 is 0 Å². The van der Waals surface area contributed by atoms with Crippen LogP contribution in [-0.2, 0) is 6.54 Å². The smallest absolute Gasteiger partial charge is 0.133 e. The van der Waals surface area contributed by atoms with Crippen LogP contribution in [0.3, 0.4) is 0 Å². The molecule has 3 aromatic rings. The third kappa shape index (κ3) is 3.02. The lowest BCUT2D eigenvalue weighted by Gasteiger charge is -2.13. The standard InChI is InChI=1S/C18H16ClNO/c1-20-12-16-17(19)7-4-8-18(16)21-15-10-9-13-5-2-3-6-14(13)11-15/h2-11,20H,12H2,1H3. The number of fused-ring (bicyclic) bond motifs is 1. The molecule has 3 rings (SSSR count). The third-order valence-corrected chi connectivity index (χ3v) is 3.73. The van der Waals surface area contributed by atoms with E-state index in [-0.39, 0.29) is 0 Å². The Morgan fingerprint density at radius 3 is 2.57 bits per heavy atom. The molecule has 0 saturated carbocycles. The molecule has 0 aliphatic carbocycles. The number of benzene rings is 3. The molecule has 0 unspecified atom stereocenters. The highest BCUT2D eigenvalue weighted by molar-refractivity contribution is 6.31. The van der Waals surface area contributed by atoms with E-state index in [4.69, 9.17) is 16.3 Å². The molecule has 0 heterocycles. The number of rotatable bonds is 4. The first kappa shape index (κ1) is 13.9. The zero-order valence-electron chi connectivity index (χ0n) is 11.8. The van der Waals surface area contributed by atoms with Crippen LogP contribution in [0.4, 0.5) is 0 Å². The SMILES string of the molecule is CNCc1c(Cl)cccc1Oc1ccc2ccccc2c1. The van der Waals surface area contributed by atoms with Gasteiger partial charge in [-0.25, -0.2) is 0 Å². The van der Waals surface area contributed by atoms with Gasteiger partial charge < -0.3 is 10.1 Å². The van der Waals surface area contributed by atoms with Gasteiger partial charge in [0.2, 0.25) is 0 Å². The van der Waals surface area contributed by atoms with Gasteiger partial charge in [0.1, 0.15) is 11.5 Å². The maximum absolute atomic E-state index is 6.25. The highest BCUT2D eigenvalue weighted by Gasteiger charge is 2.08. The minimum atomic E-state index is 0.669. The lowest BCUT2D eigenvalue weighted by Crippen LogP contribution is -2.07. The molecule has 0 fully saturated rings.